The van der Waals surface area contributed by atoms with Gasteiger partial charge in [0.05, 0.1) is 5.69 Å². The van der Waals surface area contributed by atoms with Gasteiger partial charge in [-0.1, -0.05) is 140 Å². The second kappa shape index (κ2) is 11.3. The lowest BCUT2D eigenvalue weighted by Gasteiger charge is -2.45. The van der Waals surface area contributed by atoms with Crippen LogP contribution in [0.4, 0.5) is 28.4 Å². The van der Waals surface area contributed by atoms with E-state index in [0.29, 0.717) is 0 Å². The van der Waals surface area contributed by atoms with E-state index >= 15 is 0 Å². The van der Waals surface area contributed by atoms with Crippen LogP contribution in [-0.4, -0.2) is 15.4 Å². The lowest BCUT2D eigenvalue weighted by Crippen LogP contribution is -2.62. The number of benzene rings is 8. The minimum atomic E-state index is -1.98. The summed E-state index contributed by atoms with van der Waals surface area (Å²) in [6.07, 6.45) is 0. The van der Waals surface area contributed by atoms with Gasteiger partial charge in [0.15, 0.2) is 12.9 Å². The van der Waals surface area contributed by atoms with E-state index in [9.17, 15) is 0 Å². The molecule has 0 radical (unpaired) electrons. The van der Waals surface area contributed by atoms with Gasteiger partial charge in [-0.15, -0.1) is 0 Å². The highest BCUT2D eigenvalue weighted by Crippen LogP contribution is 2.47. The summed E-state index contributed by atoms with van der Waals surface area (Å²) in [6.45, 7) is 5.00. The van der Waals surface area contributed by atoms with Gasteiger partial charge >= 0.3 is 0 Å². The molecule has 0 fully saturated rings. The number of nitrogens with one attached hydrogen (secondary N) is 1. The fourth-order valence-electron chi connectivity index (χ4n) is 9.02. The van der Waals surface area contributed by atoms with Crippen molar-refractivity contribution in [2.75, 3.05) is 10.2 Å². The van der Waals surface area contributed by atoms with Crippen LogP contribution in [-0.2, 0) is 0 Å². The average Bonchev–Trinajstić information content (AvgIpc) is 3.58. The molecule has 1 N–H and O–H groups in total. The number of rotatable bonds is 4. The lowest BCUT2D eigenvalue weighted by atomic mass is 9.58. The summed E-state index contributed by atoms with van der Waals surface area (Å²) >= 11 is 0. The van der Waals surface area contributed by atoms with Crippen LogP contribution in [0.1, 0.15) is 0 Å². The summed E-state index contributed by atoms with van der Waals surface area (Å²) in [5.41, 5.74) is 15.3. The Bertz CT molecular complexity index is 2930. The largest absolute Gasteiger partial charge is 0.454 e. The average molecular weight is 695 g/mol. The zero-order chi connectivity index (χ0) is 35.3. The molecule has 0 saturated heterocycles. The van der Waals surface area contributed by atoms with E-state index in [4.69, 9.17) is 4.42 Å². The minimum absolute atomic E-state index is 0.821. The highest BCUT2D eigenvalue weighted by atomic mass is 28.3. The molecule has 9 aromatic rings. The van der Waals surface area contributed by atoms with Crippen LogP contribution >= 0.6 is 0 Å². The number of para-hydroxylation sites is 3. The Hall–Kier alpha value is -6.30. The summed E-state index contributed by atoms with van der Waals surface area (Å²) in [4.78, 5) is 2.56. The Morgan fingerprint density at radius 3 is 2.11 bits per heavy atom. The van der Waals surface area contributed by atoms with Crippen LogP contribution in [0.2, 0.25) is 13.1 Å². The highest BCUT2D eigenvalue weighted by molar-refractivity contribution is 7.03. The molecule has 0 unspecified atom stereocenters. The van der Waals surface area contributed by atoms with Crippen molar-refractivity contribution in [2.45, 2.75) is 13.1 Å². The molecule has 0 amide bonds. The van der Waals surface area contributed by atoms with E-state index in [0.717, 1.165) is 46.3 Å². The van der Waals surface area contributed by atoms with Crippen molar-refractivity contribution in [2.24, 2.45) is 0 Å². The molecule has 0 aliphatic carbocycles. The predicted molar refractivity (Wildman–Crippen MR) is 230 cm³/mol. The quantitative estimate of drug-likeness (QED) is 0.186. The number of hydrogen-bond donors (Lipinski definition) is 1. The van der Waals surface area contributed by atoms with E-state index in [2.05, 4.69) is 187 Å². The second-order valence-electron chi connectivity index (χ2n) is 15.0. The van der Waals surface area contributed by atoms with Crippen LogP contribution in [0.15, 0.2) is 168 Å². The monoisotopic (exact) mass is 694 g/mol. The molecule has 3 nitrogen and oxygen atoms in total. The smallest absolute Gasteiger partial charge is 0.198 e. The number of fused-ring (bicyclic) bond motifs is 9. The minimum Gasteiger partial charge on any atom is -0.454 e. The molecule has 2 aliphatic heterocycles. The normalized spacial score (nSPS) is 13.7. The summed E-state index contributed by atoms with van der Waals surface area (Å²) in [7, 11) is -1.15. The van der Waals surface area contributed by atoms with Gasteiger partial charge < -0.3 is 14.6 Å². The van der Waals surface area contributed by atoms with Gasteiger partial charge in [-0.2, -0.15) is 0 Å². The molecule has 1 aromatic heterocycles. The Morgan fingerprint density at radius 1 is 0.566 bits per heavy atom. The van der Waals surface area contributed by atoms with Crippen LogP contribution in [0.5, 0.6) is 0 Å². The second-order valence-corrected chi connectivity index (χ2v) is 19.3. The number of nitrogens with zero attached hydrogens (tertiary/aromatic N) is 1. The van der Waals surface area contributed by atoms with Gasteiger partial charge in [0, 0.05) is 39.1 Å². The van der Waals surface area contributed by atoms with E-state index in [1.165, 1.54) is 65.7 Å². The Morgan fingerprint density at radius 2 is 1.26 bits per heavy atom. The molecule has 8 aromatic carbocycles. The fraction of sp³-hybridized carbons (Fsp3) is 0.0417. The Labute approximate surface area is 310 Å². The molecular formula is C48H35BN2OSi. The van der Waals surface area contributed by atoms with Gasteiger partial charge in [-0.3, -0.25) is 0 Å². The first-order valence-electron chi connectivity index (χ1n) is 18.5. The summed E-state index contributed by atoms with van der Waals surface area (Å²) in [5.74, 6) is 0. The van der Waals surface area contributed by atoms with Crippen molar-refractivity contribution in [3.8, 4) is 22.3 Å². The van der Waals surface area contributed by atoms with Crippen LogP contribution in [0.25, 0.3) is 55.0 Å². The maximum absolute atomic E-state index is 6.92. The standard InChI is InChI=1S/C48H35BN2OSi/c1-53(2)43-21-11-9-19-41(43)51-46-39(18-12-22-44(46)53)49-45-37(29-38-35-17-8-10-20-42(35)52-48(38)47(45)51)36-27-32-15-6-7-16-33(32)28-40(36)50-34-25-23-31(24-26-34)30-13-4-3-5-14-30/h3-29,49-50H,1-2H3. The summed E-state index contributed by atoms with van der Waals surface area (Å²) in [5, 5.41) is 11.5. The molecule has 11 rings (SSSR count). The van der Waals surface area contributed by atoms with Gasteiger partial charge in [0.25, 0.3) is 0 Å². The van der Waals surface area contributed by atoms with E-state index in [1.807, 2.05) is 0 Å². The third-order valence-corrected chi connectivity index (χ3v) is 15.1. The molecule has 0 bridgehead atoms. The van der Waals surface area contributed by atoms with E-state index in [-0.39, 0.29) is 0 Å². The summed E-state index contributed by atoms with van der Waals surface area (Å²) < 4.78 is 6.92. The number of hydrogen-bond acceptors (Lipinski definition) is 3. The van der Waals surface area contributed by atoms with Gasteiger partial charge in [0.2, 0.25) is 0 Å². The molecule has 53 heavy (non-hydrogen) atoms. The topological polar surface area (TPSA) is 28.4 Å². The predicted octanol–water partition coefficient (Wildman–Crippen LogP) is 10.1. The first kappa shape index (κ1) is 30.3. The van der Waals surface area contributed by atoms with Gasteiger partial charge in [0.1, 0.15) is 13.7 Å². The molecule has 2 aliphatic rings. The maximum atomic E-state index is 6.92. The third kappa shape index (κ3) is 4.54. The van der Waals surface area contributed by atoms with Crippen molar-refractivity contribution in [3.05, 3.63) is 164 Å². The van der Waals surface area contributed by atoms with Crippen molar-refractivity contribution in [1.82, 2.24) is 0 Å². The molecule has 250 valence electrons. The SMILES string of the molecule is C[Si]1(C)c2ccccc2N2c3c(cccc31)Bc1c(-c3cc4ccccc4cc3Nc3ccc(-c4ccccc4)cc3)cc3c(oc4ccccc43)c12. The van der Waals surface area contributed by atoms with Gasteiger partial charge in [-0.05, 0) is 85.8 Å². The Balaban J connectivity index is 1.19. The molecule has 5 heteroatoms. The van der Waals surface area contributed by atoms with E-state index in [1.54, 1.807) is 0 Å². The fourth-order valence-corrected chi connectivity index (χ4v) is 12.0. The van der Waals surface area contributed by atoms with Crippen molar-refractivity contribution < 1.29 is 4.42 Å². The first-order chi connectivity index (χ1) is 26.0. The van der Waals surface area contributed by atoms with Crippen molar-refractivity contribution in [1.29, 1.82) is 0 Å². The molecule has 0 saturated carbocycles. The first-order valence-corrected chi connectivity index (χ1v) is 21.5. The zero-order valence-electron chi connectivity index (χ0n) is 29.7. The van der Waals surface area contributed by atoms with Crippen molar-refractivity contribution >= 4 is 97.8 Å². The summed E-state index contributed by atoms with van der Waals surface area (Å²) in [6, 6.07) is 59.7. The number of furan rings is 1. The molecule has 3 heterocycles. The van der Waals surface area contributed by atoms with Crippen LogP contribution < -0.4 is 31.5 Å². The highest BCUT2D eigenvalue weighted by Gasteiger charge is 2.43. The van der Waals surface area contributed by atoms with Gasteiger partial charge in [-0.25, -0.2) is 0 Å². The zero-order valence-corrected chi connectivity index (χ0v) is 30.7. The Kier molecular flexibility index (Phi) is 6.50. The number of anilines is 5. The van der Waals surface area contributed by atoms with Crippen molar-refractivity contribution in [3.63, 3.8) is 0 Å². The van der Waals surface area contributed by atoms with Crippen LogP contribution in [0.3, 0.4) is 0 Å². The molecule has 0 spiro atoms. The maximum Gasteiger partial charge on any atom is 0.198 e. The van der Waals surface area contributed by atoms with Crippen LogP contribution in [0, 0.1) is 0 Å². The molecular weight excluding hydrogens is 659 g/mol. The molecule has 0 atom stereocenters. The third-order valence-electron chi connectivity index (χ3n) is 11.6. The lowest BCUT2D eigenvalue weighted by molar-refractivity contribution is 0.669. The van der Waals surface area contributed by atoms with E-state index < -0.39 is 8.07 Å².